The molecule has 30 heavy (non-hydrogen) atoms. The van der Waals surface area contributed by atoms with E-state index in [1.54, 1.807) is 13.0 Å². The van der Waals surface area contributed by atoms with E-state index in [0.717, 1.165) is 12.0 Å². The van der Waals surface area contributed by atoms with E-state index in [-0.39, 0.29) is 23.7 Å². The Kier molecular flexibility index (Phi) is 5.04. The van der Waals surface area contributed by atoms with Crippen LogP contribution in [0, 0.1) is 6.92 Å². The third-order valence-corrected chi connectivity index (χ3v) is 7.33. The minimum absolute atomic E-state index is 0.0479. The van der Waals surface area contributed by atoms with Gasteiger partial charge in [0.15, 0.2) is 16.4 Å². The van der Waals surface area contributed by atoms with E-state index in [0.29, 0.717) is 40.9 Å². The van der Waals surface area contributed by atoms with Crippen LogP contribution in [0.1, 0.15) is 37.8 Å². The van der Waals surface area contributed by atoms with Gasteiger partial charge in [-0.3, -0.25) is 4.79 Å². The molecule has 2 aromatic rings. The number of carbonyl (C=O) groups is 1. The van der Waals surface area contributed by atoms with E-state index in [4.69, 9.17) is 13.9 Å². The van der Waals surface area contributed by atoms with Crippen LogP contribution < -0.4 is 20.4 Å². The van der Waals surface area contributed by atoms with E-state index < -0.39 is 27.4 Å². The normalized spacial score (nSPS) is 21.6. The molecule has 2 aliphatic rings. The summed E-state index contributed by atoms with van der Waals surface area (Å²) >= 11 is 0. The molecule has 0 saturated carbocycles. The van der Waals surface area contributed by atoms with Crippen molar-refractivity contribution in [1.82, 2.24) is 5.32 Å². The number of sulfone groups is 1. The van der Waals surface area contributed by atoms with Gasteiger partial charge in [0.2, 0.25) is 0 Å². The third-order valence-electron chi connectivity index (χ3n) is 5.56. The van der Waals surface area contributed by atoms with Crippen molar-refractivity contribution in [3.05, 3.63) is 33.7 Å². The van der Waals surface area contributed by atoms with Crippen LogP contribution in [0.15, 0.2) is 21.3 Å². The predicted octanol–water partition coefficient (Wildman–Crippen LogP) is 1.89. The second kappa shape index (κ2) is 7.30. The number of rotatable bonds is 4. The first-order chi connectivity index (χ1) is 14.0. The van der Waals surface area contributed by atoms with Crippen LogP contribution >= 0.6 is 0 Å². The Morgan fingerprint density at radius 1 is 1.33 bits per heavy atom. The van der Waals surface area contributed by atoms with Crippen LogP contribution in [0.3, 0.4) is 0 Å². The number of hydrogen-bond acceptors (Lipinski definition) is 7. The van der Waals surface area contributed by atoms with E-state index in [1.807, 2.05) is 13.8 Å². The van der Waals surface area contributed by atoms with Gasteiger partial charge in [0.25, 0.3) is 5.91 Å². The molecule has 0 aliphatic carbocycles. The molecule has 4 rings (SSSR count). The van der Waals surface area contributed by atoms with Gasteiger partial charge in [-0.25, -0.2) is 13.2 Å². The zero-order valence-corrected chi connectivity index (χ0v) is 18.1. The van der Waals surface area contributed by atoms with Gasteiger partial charge in [-0.1, -0.05) is 0 Å². The number of aryl methyl sites for hydroxylation is 2. The highest BCUT2D eigenvalue weighted by Crippen LogP contribution is 2.42. The first-order valence-corrected chi connectivity index (χ1v) is 11.8. The van der Waals surface area contributed by atoms with Crippen molar-refractivity contribution in [3.8, 4) is 11.5 Å². The van der Waals surface area contributed by atoms with Gasteiger partial charge in [-0.15, -0.1) is 0 Å². The lowest BCUT2D eigenvalue weighted by Gasteiger charge is -2.33. The van der Waals surface area contributed by atoms with Crippen molar-refractivity contribution in [3.63, 3.8) is 0 Å². The van der Waals surface area contributed by atoms with Gasteiger partial charge in [-0.2, -0.15) is 0 Å². The molecule has 1 saturated heterocycles. The van der Waals surface area contributed by atoms with E-state index >= 15 is 0 Å². The van der Waals surface area contributed by atoms with E-state index in [9.17, 15) is 18.0 Å². The van der Waals surface area contributed by atoms with Crippen molar-refractivity contribution in [2.45, 2.75) is 51.7 Å². The van der Waals surface area contributed by atoms with Crippen LogP contribution in [0.2, 0.25) is 0 Å². The van der Waals surface area contributed by atoms with Crippen LogP contribution in [-0.2, 0) is 21.1 Å². The van der Waals surface area contributed by atoms with Crippen molar-refractivity contribution >= 4 is 26.7 Å². The number of hydrogen-bond donors (Lipinski definition) is 1. The van der Waals surface area contributed by atoms with E-state index in [1.165, 1.54) is 6.07 Å². The maximum Gasteiger partial charge on any atom is 0.336 e. The van der Waals surface area contributed by atoms with Crippen LogP contribution in [-0.4, -0.2) is 44.1 Å². The maximum atomic E-state index is 12.3. The number of nitrogens with one attached hydrogen (secondary N) is 1. The number of fused-ring (bicyclic) bond motifs is 3. The van der Waals surface area contributed by atoms with Gasteiger partial charge in [-0.05, 0) is 45.6 Å². The molecular weight excluding hydrogens is 410 g/mol. The smallest absolute Gasteiger partial charge is 0.336 e. The summed E-state index contributed by atoms with van der Waals surface area (Å²) < 4.78 is 40.5. The van der Waals surface area contributed by atoms with Crippen molar-refractivity contribution in [1.29, 1.82) is 0 Å². The highest BCUT2D eigenvalue weighted by Gasteiger charge is 2.31. The second-order valence-corrected chi connectivity index (χ2v) is 10.9. The molecule has 1 aromatic heterocycles. The summed E-state index contributed by atoms with van der Waals surface area (Å²) in [5, 5.41) is 3.34. The van der Waals surface area contributed by atoms with Gasteiger partial charge in [0, 0.05) is 23.7 Å². The molecule has 3 heterocycles. The molecule has 1 aromatic carbocycles. The molecule has 0 spiro atoms. The van der Waals surface area contributed by atoms with Crippen LogP contribution in [0.4, 0.5) is 0 Å². The molecule has 0 bridgehead atoms. The highest BCUT2D eigenvalue weighted by atomic mass is 32.2. The molecule has 1 N–H and O–H groups in total. The summed E-state index contributed by atoms with van der Waals surface area (Å²) in [7, 11) is -3.08. The molecule has 1 atom stereocenters. The second-order valence-electron chi connectivity index (χ2n) is 8.62. The van der Waals surface area contributed by atoms with Crippen LogP contribution in [0.25, 0.3) is 11.0 Å². The van der Waals surface area contributed by atoms with Gasteiger partial charge >= 0.3 is 5.63 Å². The largest absolute Gasteiger partial charge is 0.487 e. The molecule has 8 nitrogen and oxygen atoms in total. The fourth-order valence-corrected chi connectivity index (χ4v) is 5.73. The first-order valence-electron chi connectivity index (χ1n) is 9.95. The first kappa shape index (κ1) is 20.7. The summed E-state index contributed by atoms with van der Waals surface area (Å²) in [4.78, 5) is 24.3. The minimum Gasteiger partial charge on any atom is -0.487 e. The zero-order valence-electron chi connectivity index (χ0n) is 17.2. The molecule has 1 fully saturated rings. The highest BCUT2D eigenvalue weighted by molar-refractivity contribution is 7.91. The molecule has 1 unspecified atom stereocenters. The predicted molar refractivity (Wildman–Crippen MR) is 111 cm³/mol. The Labute approximate surface area is 174 Å². The summed E-state index contributed by atoms with van der Waals surface area (Å²) in [5.74, 6) is 0.591. The van der Waals surface area contributed by atoms with Crippen molar-refractivity contribution in [2.75, 3.05) is 18.1 Å². The molecular formula is C21H25NO7S. The number of ether oxygens (including phenoxy) is 2. The Morgan fingerprint density at radius 3 is 2.80 bits per heavy atom. The van der Waals surface area contributed by atoms with Crippen LogP contribution in [0.5, 0.6) is 11.5 Å². The average Bonchev–Trinajstić information content (AvgIpc) is 2.96. The monoisotopic (exact) mass is 435 g/mol. The molecule has 0 radical (unpaired) electrons. The average molecular weight is 435 g/mol. The Balaban J connectivity index is 1.62. The third kappa shape index (κ3) is 4.16. The van der Waals surface area contributed by atoms with Gasteiger partial charge < -0.3 is 19.2 Å². The quantitative estimate of drug-likeness (QED) is 0.730. The van der Waals surface area contributed by atoms with E-state index in [2.05, 4.69) is 5.32 Å². The minimum atomic E-state index is -3.08. The summed E-state index contributed by atoms with van der Waals surface area (Å²) in [6.07, 6.45) is 1.88. The fourth-order valence-electron chi connectivity index (χ4n) is 4.06. The van der Waals surface area contributed by atoms with Crippen molar-refractivity contribution < 1.29 is 27.1 Å². The Hall–Kier alpha value is -2.55. The SMILES string of the molecule is Cc1cc(=O)oc2c3c(cc(OCC(=O)NC4CCS(=O)(=O)C4)c12)OC(C)(C)CC3. The molecule has 1 amide bonds. The summed E-state index contributed by atoms with van der Waals surface area (Å²) in [5.41, 5.74) is 1.10. The standard InChI is InChI=1S/C21H25NO7S/c1-12-8-18(24)28-20-14-4-6-21(2,3)29-15(14)9-16(19(12)20)27-10-17(23)22-13-5-7-30(25,26)11-13/h8-9,13H,4-7,10-11H2,1-3H3,(H,22,23). The van der Waals surface area contributed by atoms with Crippen molar-refractivity contribution in [2.24, 2.45) is 0 Å². The lowest BCUT2D eigenvalue weighted by Crippen LogP contribution is -2.38. The van der Waals surface area contributed by atoms with Gasteiger partial charge in [0.05, 0.1) is 16.9 Å². The summed E-state index contributed by atoms with van der Waals surface area (Å²) in [6, 6.07) is 2.73. The summed E-state index contributed by atoms with van der Waals surface area (Å²) in [6.45, 7) is 5.47. The number of carbonyl (C=O) groups excluding carboxylic acids is 1. The lowest BCUT2D eigenvalue weighted by molar-refractivity contribution is -0.123. The zero-order chi connectivity index (χ0) is 21.7. The fraction of sp³-hybridized carbons (Fsp3) is 0.524. The Morgan fingerprint density at radius 2 is 2.10 bits per heavy atom. The molecule has 162 valence electrons. The number of amides is 1. The van der Waals surface area contributed by atoms with Gasteiger partial charge in [0.1, 0.15) is 22.7 Å². The molecule has 9 heteroatoms. The lowest BCUT2D eigenvalue weighted by atomic mass is 9.92. The molecule has 2 aliphatic heterocycles. The topological polar surface area (TPSA) is 112 Å². The number of benzene rings is 1. The maximum absolute atomic E-state index is 12.3. The Bertz CT molecular complexity index is 1180.